The number of hydrogen-bond acceptors (Lipinski definition) is 6. The largest absolute Gasteiger partial charge is 0.457 e. The highest BCUT2D eigenvalue weighted by Crippen LogP contribution is 2.30. The van der Waals surface area contributed by atoms with Crippen LogP contribution in [0.15, 0.2) is 66.9 Å². The van der Waals surface area contributed by atoms with E-state index in [-0.39, 0.29) is 24.1 Å². The maximum atomic E-state index is 12.9. The fraction of sp³-hybridized carbons (Fsp3) is 0.367. The van der Waals surface area contributed by atoms with Crippen LogP contribution >= 0.6 is 0 Å². The van der Waals surface area contributed by atoms with Crippen LogP contribution < -0.4 is 15.4 Å². The number of aromatic nitrogens is 1. The summed E-state index contributed by atoms with van der Waals surface area (Å²) in [7, 11) is 1.40. The molecule has 2 heterocycles. The maximum Gasteiger partial charge on any atom is 0.416 e. The summed E-state index contributed by atoms with van der Waals surface area (Å²) in [5.41, 5.74) is 1.05. The molecule has 4 rings (SSSR count). The van der Waals surface area contributed by atoms with Gasteiger partial charge in [0.2, 0.25) is 5.91 Å². The summed E-state index contributed by atoms with van der Waals surface area (Å²) in [6.07, 6.45) is -0.638. The van der Waals surface area contributed by atoms with Crippen molar-refractivity contribution in [2.45, 2.75) is 38.4 Å². The number of carbonyl (C=O) groups is 2. The summed E-state index contributed by atoms with van der Waals surface area (Å²) >= 11 is 0. The Balaban J connectivity index is 1.19. The molecule has 1 aliphatic rings. The second kappa shape index (κ2) is 14.0. The first-order valence-electron chi connectivity index (χ1n) is 13.4. The maximum absolute atomic E-state index is 12.9. The summed E-state index contributed by atoms with van der Waals surface area (Å²) in [4.78, 5) is 30.0. The van der Waals surface area contributed by atoms with Crippen LogP contribution in [0.4, 0.5) is 23.7 Å². The average Bonchev–Trinajstić information content (AvgIpc) is 2.97. The van der Waals surface area contributed by atoms with Gasteiger partial charge in [0.25, 0.3) is 0 Å². The van der Waals surface area contributed by atoms with E-state index < -0.39 is 11.7 Å². The van der Waals surface area contributed by atoms with Gasteiger partial charge in [0.15, 0.2) is 0 Å². The number of nitrogens with one attached hydrogen (secondary N) is 2. The van der Waals surface area contributed by atoms with Gasteiger partial charge < -0.3 is 25.0 Å². The number of methoxy groups -OCH3 is 1. The minimum atomic E-state index is -4.47. The van der Waals surface area contributed by atoms with Gasteiger partial charge >= 0.3 is 12.3 Å². The molecule has 1 aromatic heterocycles. The normalized spacial score (nSPS) is 14.0. The van der Waals surface area contributed by atoms with Crippen molar-refractivity contribution in [2.75, 3.05) is 32.1 Å². The molecule has 0 atom stereocenters. The number of alkyl halides is 3. The molecule has 218 valence electrons. The second-order valence-corrected chi connectivity index (χ2v) is 9.89. The third-order valence-electron chi connectivity index (χ3n) is 6.85. The van der Waals surface area contributed by atoms with Gasteiger partial charge in [-0.3, -0.25) is 9.78 Å². The number of likely N-dealkylation sites (tertiary alicyclic amines) is 1. The first kappa shape index (κ1) is 29.9. The molecule has 41 heavy (non-hydrogen) atoms. The Labute approximate surface area is 236 Å². The van der Waals surface area contributed by atoms with Crippen LogP contribution in [0.1, 0.15) is 36.1 Å². The van der Waals surface area contributed by atoms with Crippen molar-refractivity contribution < 1.29 is 32.2 Å². The molecule has 0 radical (unpaired) electrons. The van der Waals surface area contributed by atoms with Crippen molar-refractivity contribution in [3.05, 3.63) is 83.7 Å². The van der Waals surface area contributed by atoms with Gasteiger partial charge in [0.05, 0.1) is 18.4 Å². The number of amides is 2. The zero-order valence-electron chi connectivity index (χ0n) is 22.7. The lowest BCUT2D eigenvalue weighted by Gasteiger charge is -2.31. The SMILES string of the molecule is COC(=O)N1CCC(CNCc2cc(Oc3ccc(CCC(=O)Nc4cccc(C(F)(F)F)c4)cc3)ccn2)CC1. The number of aryl methyl sites for hydroxylation is 1. The number of nitrogens with zero attached hydrogens (tertiary/aromatic N) is 2. The molecule has 1 saturated heterocycles. The molecular weight excluding hydrogens is 537 g/mol. The van der Waals surface area contributed by atoms with Crippen molar-refractivity contribution in [1.82, 2.24) is 15.2 Å². The Bertz CT molecular complexity index is 1310. The van der Waals surface area contributed by atoms with Crippen LogP contribution in [0.5, 0.6) is 11.5 Å². The minimum absolute atomic E-state index is 0.112. The third-order valence-corrected chi connectivity index (χ3v) is 6.85. The predicted molar refractivity (Wildman–Crippen MR) is 148 cm³/mol. The Morgan fingerprint density at radius 1 is 1.02 bits per heavy atom. The summed E-state index contributed by atoms with van der Waals surface area (Å²) in [5, 5.41) is 5.96. The van der Waals surface area contributed by atoms with Crippen LogP contribution in [-0.2, 0) is 28.7 Å². The van der Waals surface area contributed by atoms with Crippen molar-refractivity contribution >= 4 is 17.7 Å². The summed E-state index contributed by atoms with van der Waals surface area (Å²) in [6, 6.07) is 15.5. The molecule has 0 spiro atoms. The molecule has 2 N–H and O–H groups in total. The lowest BCUT2D eigenvalue weighted by atomic mass is 9.97. The monoisotopic (exact) mass is 570 g/mol. The molecule has 0 bridgehead atoms. The van der Waals surface area contributed by atoms with Crippen LogP contribution in [0.25, 0.3) is 0 Å². The van der Waals surface area contributed by atoms with E-state index in [1.54, 1.807) is 29.3 Å². The average molecular weight is 571 g/mol. The number of carbonyl (C=O) groups excluding carboxylic acids is 2. The number of anilines is 1. The molecule has 0 unspecified atom stereocenters. The van der Waals surface area contributed by atoms with Crippen LogP contribution in [0, 0.1) is 5.92 Å². The molecular formula is C30H33F3N4O4. The van der Waals surface area contributed by atoms with E-state index in [2.05, 4.69) is 15.6 Å². The Hall–Kier alpha value is -4.12. The minimum Gasteiger partial charge on any atom is -0.457 e. The predicted octanol–water partition coefficient (Wildman–Crippen LogP) is 6.03. The highest BCUT2D eigenvalue weighted by molar-refractivity contribution is 5.90. The number of pyridine rings is 1. The first-order valence-corrected chi connectivity index (χ1v) is 13.4. The van der Waals surface area contributed by atoms with Crippen LogP contribution in [0.2, 0.25) is 0 Å². The fourth-order valence-corrected chi connectivity index (χ4v) is 4.58. The molecule has 0 aliphatic carbocycles. The van der Waals surface area contributed by atoms with E-state index in [1.807, 2.05) is 18.2 Å². The molecule has 1 fully saturated rings. The van der Waals surface area contributed by atoms with Gasteiger partial charge in [-0.25, -0.2) is 4.79 Å². The number of hydrogen-bond donors (Lipinski definition) is 2. The highest BCUT2D eigenvalue weighted by Gasteiger charge is 2.30. The van der Waals surface area contributed by atoms with E-state index in [0.717, 1.165) is 42.8 Å². The number of rotatable bonds is 10. The second-order valence-electron chi connectivity index (χ2n) is 9.89. The van der Waals surface area contributed by atoms with Gasteiger partial charge in [-0.05, 0) is 73.7 Å². The summed E-state index contributed by atoms with van der Waals surface area (Å²) < 4.78 is 49.4. The third kappa shape index (κ3) is 9.21. The van der Waals surface area contributed by atoms with Crippen molar-refractivity contribution in [2.24, 2.45) is 5.92 Å². The van der Waals surface area contributed by atoms with E-state index in [4.69, 9.17) is 9.47 Å². The Kier molecular flexibility index (Phi) is 10.2. The van der Waals surface area contributed by atoms with E-state index >= 15 is 0 Å². The Morgan fingerprint density at radius 2 is 1.78 bits per heavy atom. The number of piperidine rings is 1. The number of benzene rings is 2. The fourth-order valence-electron chi connectivity index (χ4n) is 4.58. The van der Waals surface area contributed by atoms with Crippen molar-refractivity contribution in [1.29, 1.82) is 0 Å². The van der Waals surface area contributed by atoms with Crippen molar-refractivity contribution in [3.63, 3.8) is 0 Å². The quantitative estimate of drug-likeness (QED) is 0.309. The van der Waals surface area contributed by atoms with Gasteiger partial charge in [0, 0.05) is 44.0 Å². The smallest absolute Gasteiger partial charge is 0.416 e. The van der Waals surface area contributed by atoms with E-state index in [0.29, 0.717) is 43.5 Å². The van der Waals surface area contributed by atoms with Crippen LogP contribution in [-0.4, -0.2) is 48.6 Å². The zero-order valence-corrected chi connectivity index (χ0v) is 22.7. The highest BCUT2D eigenvalue weighted by atomic mass is 19.4. The van der Waals surface area contributed by atoms with Crippen molar-refractivity contribution in [3.8, 4) is 11.5 Å². The van der Waals surface area contributed by atoms with Gasteiger partial charge in [-0.2, -0.15) is 13.2 Å². The molecule has 3 aromatic rings. The molecule has 8 nitrogen and oxygen atoms in total. The zero-order chi connectivity index (χ0) is 29.2. The van der Waals surface area contributed by atoms with Gasteiger partial charge in [-0.15, -0.1) is 0 Å². The first-order chi connectivity index (χ1) is 19.7. The van der Waals surface area contributed by atoms with Gasteiger partial charge in [0.1, 0.15) is 11.5 Å². The van der Waals surface area contributed by atoms with E-state index in [1.165, 1.54) is 19.2 Å². The number of halogens is 3. The molecule has 1 aliphatic heterocycles. The summed E-state index contributed by atoms with van der Waals surface area (Å²) in [5.74, 6) is 1.40. The topological polar surface area (TPSA) is 92.8 Å². The molecule has 11 heteroatoms. The molecule has 2 aromatic carbocycles. The summed E-state index contributed by atoms with van der Waals surface area (Å²) in [6.45, 7) is 2.83. The lowest BCUT2D eigenvalue weighted by molar-refractivity contribution is -0.137. The molecule has 0 saturated carbocycles. The Morgan fingerprint density at radius 3 is 2.49 bits per heavy atom. The number of ether oxygens (including phenoxy) is 2. The lowest BCUT2D eigenvalue weighted by Crippen LogP contribution is -2.40. The standard InChI is InChI=1S/C30H33F3N4O4/c1-40-29(39)37-15-12-22(13-16-37)19-34-20-25-18-27(11-14-35-25)41-26-8-5-21(6-9-26)7-10-28(38)36-24-4-2-3-23(17-24)30(31,32)33/h2-6,8-9,11,14,17-18,22,34H,7,10,12-13,15-16,19-20H2,1H3,(H,36,38). The van der Waals surface area contributed by atoms with Gasteiger partial charge in [-0.1, -0.05) is 18.2 Å². The molecule has 2 amide bonds. The van der Waals surface area contributed by atoms with Crippen LogP contribution in [0.3, 0.4) is 0 Å². The van der Waals surface area contributed by atoms with E-state index in [9.17, 15) is 22.8 Å².